The summed E-state index contributed by atoms with van der Waals surface area (Å²) in [5.41, 5.74) is 4.73. The van der Waals surface area contributed by atoms with E-state index in [1.54, 1.807) is 42.5 Å². The lowest BCUT2D eigenvalue weighted by Gasteiger charge is -2.10. The van der Waals surface area contributed by atoms with Crippen LogP contribution in [0.1, 0.15) is 27.2 Å². The van der Waals surface area contributed by atoms with E-state index in [0.717, 1.165) is 27.4 Å². The van der Waals surface area contributed by atoms with Gasteiger partial charge in [-0.05, 0) is 42.0 Å². The third-order valence-corrected chi connectivity index (χ3v) is 6.59. The number of imidazole rings is 1. The second-order valence-electron chi connectivity index (χ2n) is 7.93. The molecule has 0 unspecified atom stereocenters. The molecule has 0 saturated carbocycles. The molecule has 0 aliphatic heterocycles. The highest BCUT2D eigenvalue weighted by atomic mass is 32.2. The molecule has 0 aliphatic rings. The van der Waals surface area contributed by atoms with Crippen LogP contribution in [0.15, 0.2) is 96.5 Å². The maximum atomic E-state index is 14.3. The van der Waals surface area contributed by atoms with E-state index in [1.807, 2.05) is 59.2 Å². The van der Waals surface area contributed by atoms with E-state index in [1.165, 1.54) is 6.07 Å². The first-order valence-electron chi connectivity index (χ1n) is 11.1. The van der Waals surface area contributed by atoms with Crippen LogP contribution in [-0.4, -0.2) is 25.4 Å². The van der Waals surface area contributed by atoms with Crippen molar-refractivity contribution in [3.63, 3.8) is 0 Å². The summed E-state index contributed by atoms with van der Waals surface area (Å²) < 4.78 is 16.3. The Balaban J connectivity index is 1.28. The molecule has 3 aromatic heterocycles. The molecular weight excluding hydrogens is 461 g/mol. The van der Waals surface area contributed by atoms with Crippen molar-refractivity contribution in [1.29, 1.82) is 0 Å². The van der Waals surface area contributed by atoms with Crippen molar-refractivity contribution in [3.05, 3.63) is 120 Å². The summed E-state index contributed by atoms with van der Waals surface area (Å²) in [5, 5.41) is 3.67. The van der Waals surface area contributed by atoms with E-state index in [4.69, 9.17) is 4.98 Å². The number of nitrogens with zero attached hydrogens (tertiary/aromatic N) is 4. The Morgan fingerprint density at radius 1 is 0.971 bits per heavy atom. The molecule has 0 fully saturated rings. The van der Waals surface area contributed by atoms with Crippen molar-refractivity contribution >= 4 is 28.7 Å². The number of nitrogens with one attached hydrogen (secondary N) is 1. The van der Waals surface area contributed by atoms with Crippen LogP contribution in [0.4, 0.5) is 4.39 Å². The zero-order valence-corrected chi connectivity index (χ0v) is 19.6. The van der Waals surface area contributed by atoms with Crippen molar-refractivity contribution in [2.75, 3.05) is 0 Å². The minimum Gasteiger partial charge on any atom is -0.346 e. The fraction of sp³-hybridized carbons (Fsp3) is 0.111. The lowest BCUT2D eigenvalue weighted by molar-refractivity contribution is 0.0950. The fourth-order valence-electron chi connectivity index (χ4n) is 3.68. The van der Waals surface area contributed by atoms with Gasteiger partial charge in [-0.3, -0.25) is 14.8 Å². The number of hydrogen-bond acceptors (Lipinski definition) is 5. The van der Waals surface area contributed by atoms with Gasteiger partial charge in [0.2, 0.25) is 0 Å². The zero-order valence-electron chi connectivity index (χ0n) is 18.8. The van der Waals surface area contributed by atoms with Crippen LogP contribution in [0.3, 0.4) is 0 Å². The summed E-state index contributed by atoms with van der Waals surface area (Å²) in [6.07, 6.45) is 5.16. The number of carbonyl (C=O) groups is 1. The topological polar surface area (TPSA) is 72.7 Å². The normalized spacial score (nSPS) is 11.0. The third kappa shape index (κ3) is 5.38. The first-order chi connectivity index (χ1) is 17.2. The summed E-state index contributed by atoms with van der Waals surface area (Å²) in [6.45, 7) is 0.747. The summed E-state index contributed by atoms with van der Waals surface area (Å²) in [4.78, 5) is 25.6. The van der Waals surface area contributed by atoms with Gasteiger partial charge in [-0.1, -0.05) is 48.2 Å². The van der Waals surface area contributed by atoms with E-state index in [0.29, 0.717) is 30.0 Å². The minimum absolute atomic E-state index is 0.144. The van der Waals surface area contributed by atoms with Crippen LogP contribution in [-0.2, 0) is 18.8 Å². The predicted molar refractivity (Wildman–Crippen MR) is 134 cm³/mol. The summed E-state index contributed by atoms with van der Waals surface area (Å²) >= 11 is 1.57. The SMILES string of the molecule is O=C(NCc1ccccn1)c1ccc(CSc2nc3ccncc3n2Cc2ccccc2F)cc1. The molecule has 2 aromatic carbocycles. The number of rotatable bonds is 8. The molecule has 35 heavy (non-hydrogen) atoms. The maximum absolute atomic E-state index is 14.3. The Bertz CT molecular complexity index is 1450. The Labute approximate surface area is 206 Å². The highest BCUT2D eigenvalue weighted by Crippen LogP contribution is 2.28. The Morgan fingerprint density at radius 3 is 2.60 bits per heavy atom. The van der Waals surface area contributed by atoms with E-state index in [2.05, 4.69) is 15.3 Å². The van der Waals surface area contributed by atoms with Crippen LogP contribution in [0, 0.1) is 5.82 Å². The summed E-state index contributed by atoms with van der Waals surface area (Å²) in [7, 11) is 0. The van der Waals surface area contributed by atoms with E-state index in [-0.39, 0.29) is 11.7 Å². The Hall–Kier alpha value is -4.04. The third-order valence-electron chi connectivity index (χ3n) is 5.54. The molecule has 0 saturated heterocycles. The number of hydrogen-bond donors (Lipinski definition) is 1. The van der Waals surface area contributed by atoms with Gasteiger partial charge in [0.15, 0.2) is 5.16 Å². The molecular formula is C27H22FN5OS. The first kappa shape index (κ1) is 22.7. The number of aromatic nitrogens is 4. The predicted octanol–water partition coefficient (Wildman–Crippen LogP) is 5.24. The van der Waals surface area contributed by atoms with Crippen molar-refractivity contribution < 1.29 is 9.18 Å². The largest absolute Gasteiger partial charge is 0.346 e. The summed E-state index contributed by atoms with van der Waals surface area (Å²) in [5.74, 6) is 0.268. The van der Waals surface area contributed by atoms with Gasteiger partial charge in [-0.15, -0.1) is 0 Å². The van der Waals surface area contributed by atoms with Crippen molar-refractivity contribution in [2.45, 2.75) is 24.0 Å². The van der Waals surface area contributed by atoms with Gasteiger partial charge in [0.25, 0.3) is 5.91 Å². The van der Waals surface area contributed by atoms with Crippen LogP contribution >= 0.6 is 11.8 Å². The van der Waals surface area contributed by atoms with Gasteiger partial charge in [-0.25, -0.2) is 9.37 Å². The standard InChI is InChI=1S/C27H22FN5OS/c28-23-7-2-1-5-21(23)17-33-25-16-29-14-12-24(25)32-27(33)35-18-19-8-10-20(11-9-19)26(34)31-15-22-6-3-4-13-30-22/h1-14,16H,15,17-18H2,(H,31,34). The number of amides is 1. The first-order valence-corrected chi connectivity index (χ1v) is 12.1. The molecule has 5 aromatic rings. The van der Waals surface area contributed by atoms with Crippen LogP contribution in [0.5, 0.6) is 0 Å². The van der Waals surface area contributed by atoms with Gasteiger partial charge >= 0.3 is 0 Å². The number of pyridine rings is 2. The van der Waals surface area contributed by atoms with Crippen molar-refractivity contribution in [1.82, 2.24) is 24.8 Å². The lowest BCUT2D eigenvalue weighted by atomic mass is 10.1. The highest BCUT2D eigenvalue weighted by Gasteiger charge is 2.14. The molecule has 0 bridgehead atoms. The quantitative estimate of drug-likeness (QED) is 0.306. The molecule has 0 radical (unpaired) electrons. The van der Waals surface area contributed by atoms with Gasteiger partial charge in [0.05, 0.1) is 36.0 Å². The summed E-state index contributed by atoms with van der Waals surface area (Å²) in [6, 6.07) is 21.7. The lowest BCUT2D eigenvalue weighted by Crippen LogP contribution is -2.23. The molecule has 0 aliphatic carbocycles. The Kier molecular flexibility index (Phi) is 6.81. The van der Waals surface area contributed by atoms with Gasteiger partial charge in [0.1, 0.15) is 5.82 Å². The van der Waals surface area contributed by atoms with E-state index < -0.39 is 0 Å². The smallest absolute Gasteiger partial charge is 0.251 e. The van der Waals surface area contributed by atoms with Gasteiger partial charge < -0.3 is 9.88 Å². The van der Waals surface area contributed by atoms with Crippen LogP contribution in [0.25, 0.3) is 11.0 Å². The van der Waals surface area contributed by atoms with Crippen LogP contribution in [0.2, 0.25) is 0 Å². The molecule has 1 N–H and O–H groups in total. The second kappa shape index (κ2) is 10.5. The highest BCUT2D eigenvalue weighted by molar-refractivity contribution is 7.98. The monoisotopic (exact) mass is 483 g/mol. The average molecular weight is 484 g/mol. The second-order valence-corrected chi connectivity index (χ2v) is 8.87. The van der Waals surface area contributed by atoms with Crippen molar-refractivity contribution in [2.24, 2.45) is 0 Å². The number of halogens is 1. The van der Waals surface area contributed by atoms with Gasteiger partial charge in [-0.2, -0.15) is 0 Å². The number of thioether (sulfide) groups is 1. The fourth-order valence-corrected chi connectivity index (χ4v) is 4.65. The van der Waals surface area contributed by atoms with Crippen molar-refractivity contribution in [3.8, 4) is 0 Å². The number of benzene rings is 2. The maximum Gasteiger partial charge on any atom is 0.251 e. The number of fused-ring (bicyclic) bond motifs is 1. The van der Waals surface area contributed by atoms with E-state index >= 15 is 0 Å². The molecule has 1 amide bonds. The molecule has 3 heterocycles. The molecule has 0 atom stereocenters. The van der Waals surface area contributed by atoms with E-state index in [9.17, 15) is 9.18 Å². The Morgan fingerprint density at radius 2 is 1.80 bits per heavy atom. The van der Waals surface area contributed by atoms with Crippen LogP contribution < -0.4 is 5.32 Å². The zero-order chi connectivity index (χ0) is 24.0. The number of carbonyl (C=O) groups excluding carboxylic acids is 1. The molecule has 5 rings (SSSR count). The molecule has 6 nitrogen and oxygen atoms in total. The molecule has 174 valence electrons. The van der Waals surface area contributed by atoms with Gasteiger partial charge in [0, 0.05) is 29.3 Å². The minimum atomic E-state index is -0.244. The molecule has 8 heteroatoms. The average Bonchev–Trinajstić information content (AvgIpc) is 3.25. The molecule has 0 spiro atoms.